The fraction of sp³-hybridized carbons (Fsp3) is 0.368. The van der Waals surface area contributed by atoms with E-state index in [0.717, 1.165) is 35.1 Å². The Hall–Kier alpha value is -2.76. The second-order valence-corrected chi connectivity index (χ2v) is 6.61. The number of nitrogens with zero attached hydrogens (tertiary/aromatic N) is 4. The molecule has 0 atom stereocenters. The van der Waals surface area contributed by atoms with Crippen molar-refractivity contribution >= 4 is 16.9 Å². The van der Waals surface area contributed by atoms with Gasteiger partial charge in [0.15, 0.2) is 5.65 Å². The molecule has 1 N–H and O–H groups in total. The van der Waals surface area contributed by atoms with E-state index in [1.54, 1.807) is 18.6 Å². The minimum absolute atomic E-state index is 0.0988. The molecule has 6 nitrogen and oxygen atoms in total. The van der Waals surface area contributed by atoms with Crippen molar-refractivity contribution in [1.29, 1.82) is 0 Å². The molecule has 0 radical (unpaired) electrons. The van der Waals surface area contributed by atoms with Crippen molar-refractivity contribution in [2.24, 2.45) is 0 Å². The molecule has 3 heterocycles. The average molecular weight is 335 g/mol. The lowest BCUT2D eigenvalue weighted by Crippen LogP contribution is -2.23. The number of amides is 1. The SMILES string of the molecule is Cc1cc(C(=O)NCc2ccncc2)c2cnn(C3CCCC3)c2n1. The summed E-state index contributed by atoms with van der Waals surface area (Å²) in [7, 11) is 0. The summed E-state index contributed by atoms with van der Waals surface area (Å²) in [5.74, 6) is -0.0988. The van der Waals surface area contributed by atoms with Crippen LogP contribution in [0.5, 0.6) is 0 Å². The van der Waals surface area contributed by atoms with Crippen molar-refractivity contribution in [3.8, 4) is 0 Å². The van der Waals surface area contributed by atoms with E-state index in [1.165, 1.54) is 12.8 Å². The van der Waals surface area contributed by atoms with Gasteiger partial charge in [0.25, 0.3) is 5.91 Å². The normalized spacial score (nSPS) is 14.9. The second kappa shape index (κ2) is 6.63. The molecule has 1 saturated carbocycles. The Morgan fingerprint density at radius 2 is 2.04 bits per heavy atom. The highest BCUT2D eigenvalue weighted by molar-refractivity contribution is 6.05. The van der Waals surface area contributed by atoms with E-state index in [1.807, 2.05) is 29.8 Å². The van der Waals surface area contributed by atoms with Gasteiger partial charge in [0.05, 0.1) is 23.2 Å². The number of carbonyl (C=O) groups is 1. The van der Waals surface area contributed by atoms with Gasteiger partial charge in [0, 0.05) is 24.6 Å². The summed E-state index contributed by atoms with van der Waals surface area (Å²) in [6, 6.07) is 6.03. The number of aryl methyl sites for hydroxylation is 1. The molecule has 1 aliphatic rings. The molecule has 4 rings (SSSR count). The first kappa shape index (κ1) is 15.7. The zero-order valence-corrected chi connectivity index (χ0v) is 14.3. The number of carbonyl (C=O) groups excluding carboxylic acids is 1. The van der Waals surface area contributed by atoms with Gasteiger partial charge in [-0.15, -0.1) is 0 Å². The Bertz CT molecular complexity index is 897. The van der Waals surface area contributed by atoms with E-state index in [2.05, 4.69) is 20.4 Å². The molecule has 0 spiro atoms. The van der Waals surface area contributed by atoms with Crippen LogP contribution < -0.4 is 5.32 Å². The van der Waals surface area contributed by atoms with Gasteiger partial charge < -0.3 is 5.32 Å². The maximum absolute atomic E-state index is 12.7. The predicted molar refractivity (Wildman–Crippen MR) is 95.2 cm³/mol. The van der Waals surface area contributed by atoms with Crippen LogP contribution in [0.4, 0.5) is 0 Å². The van der Waals surface area contributed by atoms with Gasteiger partial charge in [-0.2, -0.15) is 5.10 Å². The van der Waals surface area contributed by atoms with Crippen LogP contribution >= 0.6 is 0 Å². The number of hydrogen-bond donors (Lipinski definition) is 1. The molecule has 0 bridgehead atoms. The molecule has 0 aromatic carbocycles. The van der Waals surface area contributed by atoms with Crippen LogP contribution in [-0.2, 0) is 6.54 Å². The second-order valence-electron chi connectivity index (χ2n) is 6.61. The fourth-order valence-electron chi connectivity index (χ4n) is 3.53. The van der Waals surface area contributed by atoms with Crippen LogP contribution in [0, 0.1) is 6.92 Å². The van der Waals surface area contributed by atoms with Crippen LogP contribution in [0.25, 0.3) is 11.0 Å². The lowest BCUT2D eigenvalue weighted by Gasteiger charge is -2.12. The van der Waals surface area contributed by atoms with Crippen LogP contribution in [0.15, 0.2) is 36.8 Å². The van der Waals surface area contributed by atoms with Gasteiger partial charge in [-0.3, -0.25) is 9.78 Å². The molecule has 1 fully saturated rings. The zero-order valence-electron chi connectivity index (χ0n) is 14.3. The lowest BCUT2D eigenvalue weighted by atomic mass is 10.1. The fourth-order valence-corrected chi connectivity index (χ4v) is 3.53. The predicted octanol–water partition coefficient (Wildman–Crippen LogP) is 3.18. The number of pyridine rings is 2. The Labute approximate surface area is 146 Å². The van der Waals surface area contributed by atoms with E-state index in [4.69, 9.17) is 0 Å². The van der Waals surface area contributed by atoms with E-state index < -0.39 is 0 Å². The molecular formula is C19H21N5O. The molecule has 0 aliphatic heterocycles. The van der Waals surface area contributed by atoms with E-state index in [9.17, 15) is 4.79 Å². The van der Waals surface area contributed by atoms with Crippen molar-refractivity contribution in [3.63, 3.8) is 0 Å². The van der Waals surface area contributed by atoms with Crippen LogP contribution in [0.2, 0.25) is 0 Å². The smallest absolute Gasteiger partial charge is 0.252 e. The number of rotatable bonds is 4. The van der Waals surface area contributed by atoms with Crippen molar-refractivity contribution in [2.75, 3.05) is 0 Å². The molecule has 25 heavy (non-hydrogen) atoms. The summed E-state index contributed by atoms with van der Waals surface area (Å²) >= 11 is 0. The van der Waals surface area contributed by atoms with Gasteiger partial charge in [-0.05, 0) is 43.5 Å². The molecule has 128 valence electrons. The summed E-state index contributed by atoms with van der Waals surface area (Å²) in [6.45, 7) is 2.39. The van der Waals surface area contributed by atoms with E-state index >= 15 is 0 Å². The largest absolute Gasteiger partial charge is 0.348 e. The summed E-state index contributed by atoms with van der Waals surface area (Å²) in [5, 5.41) is 8.35. The third-order valence-corrected chi connectivity index (χ3v) is 4.81. The Kier molecular flexibility index (Phi) is 4.17. The lowest BCUT2D eigenvalue weighted by molar-refractivity contribution is 0.0952. The minimum atomic E-state index is -0.0988. The van der Waals surface area contributed by atoms with Crippen molar-refractivity contribution < 1.29 is 4.79 Å². The highest BCUT2D eigenvalue weighted by Gasteiger charge is 2.22. The van der Waals surface area contributed by atoms with Crippen LogP contribution in [0.3, 0.4) is 0 Å². The highest BCUT2D eigenvalue weighted by atomic mass is 16.1. The van der Waals surface area contributed by atoms with Crippen molar-refractivity contribution in [3.05, 3.63) is 53.6 Å². The Morgan fingerprint density at radius 1 is 1.28 bits per heavy atom. The molecule has 1 aliphatic carbocycles. The summed E-state index contributed by atoms with van der Waals surface area (Å²) in [4.78, 5) is 21.4. The standard InChI is InChI=1S/C19H21N5O/c1-13-10-16(19(25)21-11-14-6-8-20-9-7-14)17-12-22-24(18(17)23-13)15-4-2-3-5-15/h6-10,12,15H,2-5,11H2,1H3,(H,21,25). The Balaban J connectivity index is 1.63. The zero-order chi connectivity index (χ0) is 17.2. The first-order valence-electron chi connectivity index (χ1n) is 8.74. The molecule has 3 aromatic heterocycles. The van der Waals surface area contributed by atoms with Crippen LogP contribution in [0.1, 0.15) is 53.3 Å². The number of fused-ring (bicyclic) bond motifs is 1. The third kappa shape index (κ3) is 3.12. The number of nitrogens with one attached hydrogen (secondary N) is 1. The van der Waals surface area contributed by atoms with E-state index in [0.29, 0.717) is 18.2 Å². The van der Waals surface area contributed by atoms with Gasteiger partial charge in [-0.25, -0.2) is 9.67 Å². The molecule has 1 amide bonds. The first-order chi connectivity index (χ1) is 12.2. The summed E-state index contributed by atoms with van der Waals surface area (Å²) in [5.41, 5.74) is 3.31. The van der Waals surface area contributed by atoms with Gasteiger partial charge >= 0.3 is 0 Å². The molecule has 0 unspecified atom stereocenters. The number of aromatic nitrogens is 4. The molecule has 3 aromatic rings. The average Bonchev–Trinajstić information content (AvgIpc) is 3.29. The molecule has 0 saturated heterocycles. The maximum Gasteiger partial charge on any atom is 0.252 e. The van der Waals surface area contributed by atoms with E-state index in [-0.39, 0.29) is 5.91 Å². The molecular weight excluding hydrogens is 314 g/mol. The summed E-state index contributed by atoms with van der Waals surface area (Å²) in [6.07, 6.45) is 9.96. The Morgan fingerprint density at radius 3 is 2.80 bits per heavy atom. The van der Waals surface area contributed by atoms with Crippen molar-refractivity contribution in [2.45, 2.75) is 45.2 Å². The minimum Gasteiger partial charge on any atom is -0.348 e. The van der Waals surface area contributed by atoms with Gasteiger partial charge in [0.2, 0.25) is 0 Å². The van der Waals surface area contributed by atoms with Crippen LogP contribution in [-0.4, -0.2) is 25.7 Å². The highest BCUT2D eigenvalue weighted by Crippen LogP contribution is 2.31. The maximum atomic E-state index is 12.7. The summed E-state index contributed by atoms with van der Waals surface area (Å²) < 4.78 is 2.01. The van der Waals surface area contributed by atoms with Gasteiger partial charge in [0.1, 0.15) is 0 Å². The monoisotopic (exact) mass is 335 g/mol. The topological polar surface area (TPSA) is 72.7 Å². The quantitative estimate of drug-likeness (QED) is 0.795. The van der Waals surface area contributed by atoms with Crippen molar-refractivity contribution in [1.82, 2.24) is 25.1 Å². The van der Waals surface area contributed by atoms with Gasteiger partial charge in [-0.1, -0.05) is 12.8 Å². The first-order valence-corrected chi connectivity index (χ1v) is 8.74. The number of hydrogen-bond acceptors (Lipinski definition) is 4. The third-order valence-electron chi connectivity index (χ3n) is 4.81. The molecule has 6 heteroatoms.